The molecule has 0 aliphatic heterocycles. The number of allylic oxidation sites excluding steroid dienone is 3. The number of rotatable bonds is 3. The smallest absolute Gasteiger partial charge is 0.0227 e. The Morgan fingerprint density at radius 1 is 1.13 bits per heavy atom. The van der Waals surface area contributed by atoms with Crippen molar-refractivity contribution in [3.05, 3.63) is 59.7 Å². The SMILES string of the molecule is C=C(C)C(C)=Cc1cccc(C(=C)C)c1. The number of benzene rings is 1. The lowest BCUT2D eigenvalue weighted by molar-refractivity contribution is 1.38. The van der Waals surface area contributed by atoms with Gasteiger partial charge >= 0.3 is 0 Å². The van der Waals surface area contributed by atoms with Crippen LogP contribution in [0.1, 0.15) is 31.9 Å². The Hall–Kier alpha value is -1.56. The number of hydrogen-bond donors (Lipinski definition) is 0. The fraction of sp³-hybridized carbons (Fsp3) is 0.200. The topological polar surface area (TPSA) is 0 Å². The summed E-state index contributed by atoms with van der Waals surface area (Å²) in [5.74, 6) is 0. The summed E-state index contributed by atoms with van der Waals surface area (Å²) in [6.45, 7) is 14.0. The maximum Gasteiger partial charge on any atom is -0.0227 e. The zero-order chi connectivity index (χ0) is 11.4. The molecule has 78 valence electrons. The van der Waals surface area contributed by atoms with Crippen molar-refractivity contribution in [2.45, 2.75) is 20.8 Å². The van der Waals surface area contributed by atoms with Gasteiger partial charge in [-0.2, -0.15) is 0 Å². The summed E-state index contributed by atoms with van der Waals surface area (Å²) in [4.78, 5) is 0. The quantitative estimate of drug-likeness (QED) is 0.617. The molecule has 0 heterocycles. The molecule has 0 unspecified atom stereocenters. The average Bonchev–Trinajstić information content (AvgIpc) is 2.18. The second-order valence-electron chi connectivity index (χ2n) is 4.01. The molecule has 0 heteroatoms. The standard InChI is InChI=1S/C15H18/c1-11(2)13(5)9-14-7-6-8-15(10-14)12(3)4/h6-10H,1,3H2,2,4-5H3. The van der Waals surface area contributed by atoms with Gasteiger partial charge in [-0.15, -0.1) is 0 Å². The van der Waals surface area contributed by atoms with Crippen LogP contribution in [-0.2, 0) is 0 Å². The first-order chi connectivity index (χ1) is 7.00. The zero-order valence-electron chi connectivity index (χ0n) is 9.80. The van der Waals surface area contributed by atoms with Crippen molar-refractivity contribution < 1.29 is 0 Å². The third-order valence-corrected chi connectivity index (χ3v) is 2.44. The van der Waals surface area contributed by atoms with Gasteiger partial charge in [-0.3, -0.25) is 0 Å². The molecule has 0 aromatic heterocycles. The van der Waals surface area contributed by atoms with Gasteiger partial charge in [0.25, 0.3) is 0 Å². The van der Waals surface area contributed by atoms with Crippen molar-refractivity contribution in [2.24, 2.45) is 0 Å². The van der Waals surface area contributed by atoms with E-state index in [9.17, 15) is 0 Å². The molecule has 0 saturated carbocycles. The Morgan fingerprint density at radius 3 is 2.33 bits per heavy atom. The van der Waals surface area contributed by atoms with E-state index < -0.39 is 0 Å². The Bertz CT molecular complexity index is 419. The largest absolute Gasteiger partial charge is 0.0958 e. The molecule has 0 fully saturated rings. The van der Waals surface area contributed by atoms with E-state index in [0.29, 0.717) is 0 Å². The minimum atomic E-state index is 1.10. The lowest BCUT2D eigenvalue weighted by atomic mass is 10.0. The van der Waals surface area contributed by atoms with Crippen molar-refractivity contribution in [3.8, 4) is 0 Å². The molecule has 0 spiro atoms. The molecule has 15 heavy (non-hydrogen) atoms. The molecule has 0 amide bonds. The first kappa shape index (κ1) is 11.5. The summed E-state index contributed by atoms with van der Waals surface area (Å²) in [6, 6.07) is 8.38. The van der Waals surface area contributed by atoms with Crippen LogP contribution in [-0.4, -0.2) is 0 Å². The molecule has 0 N–H and O–H groups in total. The maximum atomic E-state index is 3.94. The van der Waals surface area contributed by atoms with Gasteiger partial charge in [0.15, 0.2) is 0 Å². The summed E-state index contributed by atoms with van der Waals surface area (Å²) in [5.41, 5.74) is 5.82. The summed E-state index contributed by atoms with van der Waals surface area (Å²) >= 11 is 0. The van der Waals surface area contributed by atoms with Crippen LogP contribution >= 0.6 is 0 Å². The van der Waals surface area contributed by atoms with Crippen molar-refractivity contribution in [1.29, 1.82) is 0 Å². The first-order valence-corrected chi connectivity index (χ1v) is 5.11. The zero-order valence-corrected chi connectivity index (χ0v) is 9.80. The lowest BCUT2D eigenvalue weighted by Gasteiger charge is -2.03. The van der Waals surface area contributed by atoms with Crippen LogP contribution < -0.4 is 0 Å². The van der Waals surface area contributed by atoms with E-state index in [0.717, 1.165) is 11.1 Å². The minimum absolute atomic E-state index is 1.10. The van der Waals surface area contributed by atoms with Crippen LogP contribution in [0.3, 0.4) is 0 Å². The molecule has 1 aromatic rings. The fourth-order valence-corrected chi connectivity index (χ4v) is 1.27. The normalized spacial score (nSPS) is 11.3. The molecule has 1 aromatic carbocycles. The molecule has 0 bridgehead atoms. The Morgan fingerprint density at radius 2 is 1.80 bits per heavy atom. The summed E-state index contributed by atoms with van der Waals surface area (Å²) < 4.78 is 0. The molecule has 0 saturated heterocycles. The van der Waals surface area contributed by atoms with Crippen molar-refractivity contribution in [1.82, 2.24) is 0 Å². The molecule has 0 atom stereocenters. The summed E-state index contributed by atoms with van der Waals surface area (Å²) in [7, 11) is 0. The summed E-state index contributed by atoms with van der Waals surface area (Å²) in [5, 5.41) is 0. The van der Waals surface area contributed by atoms with Gasteiger partial charge in [0.05, 0.1) is 0 Å². The highest BCUT2D eigenvalue weighted by molar-refractivity contribution is 5.66. The van der Waals surface area contributed by atoms with E-state index in [4.69, 9.17) is 0 Å². The van der Waals surface area contributed by atoms with E-state index >= 15 is 0 Å². The third-order valence-electron chi connectivity index (χ3n) is 2.44. The monoisotopic (exact) mass is 198 g/mol. The van der Waals surface area contributed by atoms with Crippen LogP contribution in [0.4, 0.5) is 0 Å². The number of hydrogen-bond acceptors (Lipinski definition) is 0. The second-order valence-corrected chi connectivity index (χ2v) is 4.01. The molecule has 0 nitrogen and oxygen atoms in total. The van der Waals surface area contributed by atoms with E-state index in [-0.39, 0.29) is 0 Å². The summed E-state index contributed by atoms with van der Waals surface area (Å²) in [6.07, 6.45) is 2.15. The minimum Gasteiger partial charge on any atom is -0.0958 e. The lowest BCUT2D eigenvalue weighted by Crippen LogP contribution is -1.82. The fourth-order valence-electron chi connectivity index (χ4n) is 1.27. The van der Waals surface area contributed by atoms with Crippen LogP contribution in [0, 0.1) is 0 Å². The van der Waals surface area contributed by atoms with Gasteiger partial charge in [-0.25, -0.2) is 0 Å². The van der Waals surface area contributed by atoms with Gasteiger partial charge in [-0.1, -0.05) is 48.6 Å². The van der Waals surface area contributed by atoms with Crippen molar-refractivity contribution >= 4 is 11.6 Å². The van der Waals surface area contributed by atoms with Crippen molar-refractivity contribution in [3.63, 3.8) is 0 Å². The maximum absolute atomic E-state index is 3.94. The second kappa shape index (κ2) is 4.79. The molecule has 0 aliphatic rings. The Balaban J connectivity index is 3.06. The van der Waals surface area contributed by atoms with Crippen LogP contribution in [0.5, 0.6) is 0 Å². The molecular weight excluding hydrogens is 180 g/mol. The van der Waals surface area contributed by atoms with Crippen molar-refractivity contribution in [2.75, 3.05) is 0 Å². The molecule has 0 radical (unpaired) electrons. The molecular formula is C15H18. The van der Waals surface area contributed by atoms with Gasteiger partial charge in [0, 0.05) is 0 Å². The molecule has 1 rings (SSSR count). The van der Waals surface area contributed by atoms with E-state index in [1.165, 1.54) is 16.7 Å². The van der Waals surface area contributed by atoms with Crippen LogP contribution in [0.15, 0.2) is 48.6 Å². The van der Waals surface area contributed by atoms with Gasteiger partial charge in [0.2, 0.25) is 0 Å². The van der Waals surface area contributed by atoms with Crippen LogP contribution in [0.25, 0.3) is 11.6 Å². The Labute approximate surface area is 92.6 Å². The first-order valence-electron chi connectivity index (χ1n) is 5.11. The third kappa shape index (κ3) is 3.25. The Kier molecular flexibility index (Phi) is 3.68. The van der Waals surface area contributed by atoms with E-state index in [1.807, 2.05) is 13.8 Å². The van der Waals surface area contributed by atoms with Crippen LogP contribution in [0.2, 0.25) is 0 Å². The highest BCUT2D eigenvalue weighted by Crippen LogP contribution is 2.17. The van der Waals surface area contributed by atoms with Gasteiger partial charge < -0.3 is 0 Å². The van der Waals surface area contributed by atoms with Gasteiger partial charge in [-0.05, 0) is 43.5 Å². The van der Waals surface area contributed by atoms with Gasteiger partial charge in [0.1, 0.15) is 0 Å². The van der Waals surface area contributed by atoms with E-state index in [1.54, 1.807) is 0 Å². The predicted molar refractivity (Wildman–Crippen MR) is 69.6 cm³/mol. The highest BCUT2D eigenvalue weighted by Gasteiger charge is 1.95. The van der Waals surface area contributed by atoms with E-state index in [2.05, 4.69) is 50.4 Å². The molecule has 0 aliphatic carbocycles. The highest BCUT2D eigenvalue weighted by atomic mass is 14.0. The predicted octanol–water partition coefficient (Wildman–Crippen LogP) is 4.70. The average molecular weight is 198 g/mol.